The second-order valence-corrected chi connectivity index (χ2v) is 10.4. The van der Waals surface area contributed by atoms with Crippen LogP contribution in [0.25, 0.3) is 33.6 Å². The number of pyridine rings is 1. The monoisotopic (exact) mass is 552 g/mol. The third-order valence-corrected chi connectivity index (χ3v) is 7.65. The van der Waals surface area contributed by atoms with Gasteiger partial charge in [-0.15, -0.1) is 0 Å². The molecule has 4 heterocycles. The van der Waals surface area contributed by atoms with Crippen molar-refractivity contribution in [3.8, 4) is 40.0 Å². The van der Waals surface area contributed by atoms with Gasteiger partial charge in [0.15, 0.2) is 5.58 Å². The molecule has 9 heteroatoms. The summed E-state index contributed by atoms with van der Waals surface area (Å²) in [5, 5.41) is 16.3. The number of amides is 1. The van der Waals surface area contributed by atoms with Crippen molar-refractivity contribution in [2.24, 2.45) is 0 Å². The van der Waals surface area contributed by atoms with Crippen molar-refractivity contribution in [2.75, 3.05) is 33.4 Å². The van der Waals surface area contributed by atoms with Gasteiger partial charge in [-0.2, -0.15) is 5.26 Å². The van der Waals surface area contributed by atoms with Gasteiger partial charge in [-0.05, 0) is 61.3 Å². The fraction of sp³-hybridized carbons (Fsp3) is 0.344. The maximum atomic E-state index is 12.9. The average molecular weight is 553 g/mol. The summed E-state index contributed by atoms with van der Waals surface area (Å²) in [5.41, 5.74) is 4.61. The third-order valence-electron chi connectivity index (χ3n) is 7.65. The van der Waals surface area contributed by atoms with Gasteiger partial charge >= 0.3 is 0 Å². The van der Waals surface area contributed by atoms with Gasteiger partial charge in [-0.3, -0.25) is 9.78 Å². The lowest BCUT2D eigenvalue weighted by Gasteiger charge is -2.24. The van der Waals surface area contributed by atoms with Crippen molar-refractivity contribution < 1.29 is 23.4 Å². The molecule has 4 aromatic rings. The molecule has 0 radical (unpaired) electrons. The number of nitrogens with one attached hydrogen (secondary N) is 2. The maximum absolute atomic E-state index is 12.9. The van der Waals surface area contributed by atoms with Crippen LogP contribution in [0, 0.1) is 11.3 Å². The fourth-order valence-corrected chi connectivity index (χ4v) is 5.44. The summed E-state index contributed by atoms with van der Waals surface area (Å²) >= 11 is 0. The van der Waals surface area contributed by atoms with E-state index in [2.05, 4.69) is 21.7 Å². The number of nitriles is 1. The molecular weight excluding hydrogens is 520 g/mol. The Morgan fingerprint density at radius 2 is 1.95 bits per heavy atom. The lowest BCUT2D eigenvalue weighted by atomic mass is 10.0. The molecule has 1 unspecified atom stereocenters. The summed E-state index contributed by atoms with van der Waals surface area (Å²) in [6.07, 6.45) is 5.38. The van der Waals surface area contributed by atoms with Crippen LogP contribution in [-0.4, -0.2) is 56.5 Å². The molecule has 2 fully saturated rings. The molecule has 41 heavy (non-hydrogen) atoms. The van der Waals surface area contributed by atoms with Crippen LogP contribution in [0.5, 0.6) is 11.5 Å². The predicted octanol–water partition coefficient (Wildman–Crippen LogP) is 5.08. The molecule has 0 spiro atoms. The fourth-order valence-electron chi connectivity index (χ4n) is 5.44. The van der Waals surface area contributed by atoms with Crippen molar-refractivity contribution >= 4 is 17.0 Å². The van der Waals surface area contributed by atoms with E-state index in [1.807, 2.05) is 36.4 Å². The molecule has 1 amide bonds. The summed E-state index contributed by atoms with van der Waals surface area (Å²) in [7, 11) is 1.57. The Balaban J connectivity index is 1.28. The summed E-state index contributed by atoms with van der Waals surface area (Å²) < 4.78 is 23.6. The number of hydrogen-bond donors (Lipinski definition) is 2. The number of fused-ring (bicyclic) bond motifs is 1. The Kier molecular flexibility index (Phi) is 7.85. The molecule has 9 nitrogen and oxygen atoms in total. The maximum Gasteiger partial charge on any atom is 0.251 e. The van der Waals surface area contributed by atoms with E-state index in [0.717, 1.165) is 49.9 Å². The number of furan rings is 1. The Hall–Kier alpha value is -4.39. The molecule has 6 rings (SSSR count). The number of carbonyl (C=O) groups excluding carboxylic acids is 1. The van der Waals surface area contributed by atoms with Crippen molar-refractivity contribution in [3.05, 3.63) is 65.9 Å². The van der Waals surface area contributed by atoms with Crippen LogP contribution in [0.4, 0.5) is 0 Å². The first-order valence-electron chi connectivity index (χ1n) is 14.0. The van der Waals surface area contributed by atoms with E-state index in [1.165, 1.54) is 0 Å². The van der Waals surface area contributed by atoms with E-state index in [-0.39, 0.29) is 18.1 Å². The first-order valence-corrected chi connectivity index (χ1v) is 14.0. The Bertz CT molecular complexity index is 1600. The highest BCUT2D eigenvalue weighted by molar-refractivity contribution is 5.97. The Morgan fingerprint density at radius 1 is 1.07 bits per heavy atom. The standard InChI is InChI=1S/C32H32N4O5/c1-38-29-16-21(32(37)36-23-3-2-11-34-19-23)4-6-26(29)30-17-27-31(41-30)25(8-12-35-27)20-5-7-28(22(15-20)18-33)40-24-9-13-39-14-10-24/h4-8,12,15-17,23-24,34H,2-3,9-11,13-14,19H2,1H3,(H,36,37). The number of hydrogen-bond acceptors (Lipinski definition) is 8. The zero-order valence-corrected chi connectivity index (χ0v) is 22.9. The first-order chi connectivity index (χ1) is 20.1. The number of methoxy groups -OCH3 is 1. The summed E-state index contributed by atoms with van der Waals surface area (Å²) in [5.74, 6) is 1.54. The molecule has 2 aliphatic heterocycles. The molecule has 2 saturated heterocycles. The normalized spacial score (nSPS) is 17.6. The number of nitrogens with zero attached hydrogens (tertiary/aromatic N) is 2. The highest BCUT2D eigenvalue weighted by Crippen LogP contribution is 2.38. The van der Waals surface area contributed by atoms with Crippen LogP contribution in [0.3, 0.4) is 0 Å². The predicted molar refractivity (Wildman–Crippen MR) is 154 cm³/mol. The van der Waals surface area contributed by atoms with Crippen LogP contribution in [0.1, 0.15) is 41.6 Å². The number of piperidine rings is 1. The summed E-state index contributed by atoms with van der Waals surface area (Å²) in [4.78, 5) is 17.4. The first kappa shape index (κ1) is 26.8. The van der Waals surface area contributed by atoms with E-state index in [0.29, 0.717) is 58.3 Å². The van der Waals surface area contributed by atoms with Crippen LogP contribution in [-0.2, 0) is 4.74 Å². The minimum atomic E-state index is -0.130. The molecule has 0 aliphatic carbocycles. The largest absolute Gasteiger partial charge is 0.496 e. The van der Waals surface area contributed by atoms with Crippen molar-refractivity contribution in [2.45, 2.75) is 37.8 Å². The van der Waals surface area contributed by atoms with Crippen LogP contribution < -0.4 is 20.1 Å². The van der Waals surface area contributed by atoms with E-state index in [9.17, 15) is 10.1 Å². The molecule has 2 aromatic carbocycles. The molecular formula is C32H32N4O5. The average Bonchev–Trinajstić information content (AvgIpc) is 3.46. The van der Waals surface area contributed by atoms with Gasteiger partial charge in [0.25, 0.3) is 5.91 Å². The van der Waals surface area contributed by atoms with Gasteiger partial charge in [0, 0.05) is 48.8 Å². The highest BCUT2D eigenvalue weighted by Gasteiger charge is 2.21. The second-order valence-electron chi connectivity index (χ2n) is 10.4. The second kappa shape index (κ2) is 12.0. The van der Waals surface area contributed by atoms with Gasteiger partial charge < -0.3 is 29.3 Å². The van der Waals surface area contributed by atoms with Crippen LogP contribution >= 0.6 is 0 Å². The minimum absolute atomic E-state index is 0.0404. The molecule has 210 valence electrons. The molecule has 0 saturated carbocycles. The Labute approximate surface area is 238 Å². The smallest absolute Gasteiger partial charge is 0.251 e. The topological polar surface area (TPSA) is 119 Å². The zero-order valence-electron chi connectivity index (χ0n) is 22.9. The van der Waals surface area contributed by atoms with E-state index >= 15 is 0 Å². The lowest BCUT2D eigenvalue weighted by Crippen LogP contribution is -2.45. The van der Waals surface area contributed by atoms with E-state index in [1.54, 1.807) is 25.4 Å². The molecule has 2 N–H and O–H groups in total. The zero-order chi connectivity index (χ0) is 28.2. The minimum Gasteiger partial charge on any atom is -0.496 e. The number of aromatic nitrogens is 1. The van der Waals surface area contributed by atoms with Crippen molar-refractivity contribution in [1.29, 1.82) is 5.26 Å². The summed E-state index contributed by atoms with van der Waals surface area (Å²) in [6, 6.07) is 17.1. The van der Waals surface area contributed by atoms with Gasteiger partial charge in [0.05, 0.1) is 31.5 Å². The van der Waals surface area contributed by atoms with Gasteiger partial charge in [0.2, 0.25) is 0 Å². The number of rotatable bonds is 7. The SMILES string of the molecule is COc1cc(C(=O)NC2CCCNC2)ccc1-c1cc2nccc(-c3ccc(OC4CCOCC4)c(C#N)c3)c2o1. The summed E-state index contributed by atoms with van der Waals surface area (Å²) in [6.45, 7) is 3.09. The van der Waals surface area contributed by atoms with E-state index < -0.39 is 0 Å². The van der Waals surface area contributed by atoms with Crippen LogP contribution in [0.15, 0.2) is 59.1 Å². The van der Waals surface area contributed by atoms with Crippen LogP contribution in [0.2, 0.25) is 0 Å². The lowest BCUT2D eigenvalue weighted by molar-refractivity contribution is 0.0254. The third kappa shape index (κ3) is 5.75. The van der Waals surface area contributed by atoms with Crippen molar-refractivity contribution in [1.82, 2.24) is 15.6 Å². The quantitative estimate of drug-likeness (QED) is 0.326. The Morgan fingerprint density at radius 3 is 2.73 bits per heavy atom. The van der Waals surface area contributed by atoms with Gasteiger partial charge in [-0.25, -0.2) is 0 Å². The molecule has 2 aliphatic rings. The van der Waals surface area contributed by atoms with Gasteiger partial charge in [-0.1, -0.05) is 6.07 Å². The molecule has 1 atom stereocenters. The number of carbonyl (C=O) groups is 1. The highest BCUT2D eigenvalue weighted by atomic mass is 16.5. The number of benzene rings is 2. The van der Waals surface area contributed by atoms with Crippen molar-refractivity contribution in [3.63, 3.8) is 0 Å². The number of ether oxygens (including phenoxy) is 3. The van der Waals surface area contributed by atoms with Gasteiger partial charge in [0.1, 0.15) is 34.9 Å². The van der Waals surface area contributed by atoms with E-state index in [4.69, 9.17) is 18.6 Å². The molecule has 2 aromatic heterocycles. The molecule has 0 bridgehead atoms.